The van der Waals surface area contributed by atoms with Gasteiger partial charge < -0.3 is 10.1 Å². The van der Waals surface area contributed by atoms with Crippen molar-refractivity contribution in [3.63, 3.8) is 0 Å². The average Bonchev–Trinajstić information content (AvgIpc) is 2.47. The molecule has 0 atom stereocenters. The Balaban J connectivity index is 0.00000147. The number of halogens is 1. The molecule has 0 amide bonds. The third-order valence-corrected chi connectivity index (χ3v) is 3.44. The van der Waals surface area contributed by atoms with Crippen molar-refractivity contribution in [1.29, 1.82) is 5.26 Å². The minimum absolute atomic E-state index is 0. The van der Waals surface area contributed by atoms with E-state index >= 15 is 0 Å². The van der Waals surface area contributed by atoms with Crippen molar-refractivity contribution in [1.82, 2.24) is 10.3 Å². The van der Waals surface area contributed by atoms with Crippen LogP contribution >= 0.6 is 12.4 Å². The fraction of sp³-hybridized carbons (Fsp3) is 0.333. The predicted molar refractivity (Wildman–Crippen MR) is 80.2 cm³/mol. The van der Waals surface area contributed by atoms with Crippen molar-refractivity contribution < 1.29 is 4.74 Å². The molecule has 1 saturated heterocycles. The largest absolute Gasteiger partial charge is 0.489 e. The van der Waals surface area contributed by atoms with Gasteiger partial charge in [-0.15, -0.1) is 12.4 Å². The molecule has 1 aliphatic rings. The van der Waals surface area contributed by atoms with Gasteiger partial charge in [0.15, 0.2) is 0 Å². The third kappa shape index (κ3) is 3.01. The lowest BCUT2D eigenvalue weighted by Crippen LogP contribution is -2.34. The van der Waals surface area contributed by atoms with Crippen molar-refractivity contribution in [2.45, 2.75) is 18.9 Å². The standard InChI is InChI=1S/C15H15N3O.ClH/c16-9-12-7-13-10-18-4-1-11(13)8-15(12)19-14-2-5-17-6-3-14;/h1,4,7-8,10,14,17H,2-3,5-6H2;1H. The first-order chi connectivity index (χ1) is 9.36. The molecule has 5 heteroatoms. The Morgan fingerprint density at radius 3 is 2.80 bits per heavy atom. The van der Waals surface area contributed by atoms with E-state index < -0.39 is 0 Å². The number of benzene rings is 1. The summed E-state index contributed by atoms with van der Waals surface area (Å²) in [7, 11) is 0. The first-order valence-electron chi connectivity index (χ1n) is 6.52. The highest BCUT2D eigenvalue weighted by Crippen LogP contribution is 2.27. The quantitative estimate of drug-likeness (QED) is 0.923. The van der Waals surface area contributed by atoms with Crippen LogP contribution in [0, 0.1) is 11.3 Å². The first kappa shape index (κ1) is 14.6. The number of fused-ring (bicyclic) bond motifs is 1. The summed E-state index contributed by atoms with van der Waals surface area (Å²) in [5.41, 5.74) is 0.582. The third-order valence-electron chi connectivity index (χ3n) is 3.44. The Labute approximate surface area is 124 Å². The van der Waals surface area contributed by atoms with E-state index in [0.717, 1.165) is 36.7 Å². The lowest BCUT2D eigenvalue weighted by Gasteiger charge is -2.24. The number of hydrogen-bond acceptors (Lipinski definition) is 4. The maximum atomic E-state index is 9.24. The van der Waals surface area contributed by atoms with Crippen molar-refractivity contribution in [3.05, 3.63) is 36.2 Å². The van der Waals surface area contributed by atoms with E-state index in [0.29, 0.717) is 11.3 Å². The van der Waals surface area contributed by atoms with Crippen LogP contribution in [-0.2, 0) is 0 Å². The summed E-state index contributed by atoms with van der Waals surface area (Å²) in [4.78, 5) is 4.08. The highest BCUT2D eigenvalue weighted by molar-refractivity contribution is 5.85. The highest BCUT2D eigenvalue weighted by atomic mass is 35.5. The molecule has 1 aromatic carbocycles. The van der Waals surface area contributed by atoms with Gasteiger partial charge in [0.2, 0.25) is 0 Å². The zero-order valence-corrected chi connectivity index (χ0v) is 11.8. The summed E-state index contributed by atoms with van der Waals surface area (Å²) in [6.07, 6.45) is 5.69. The Hall–Kier alpha value is -1.83. The van der Waals surface area contributed by atoms with Gasteiger partial charge in [-0.2, -0.15) is 5.26 Å². The van der Waals surface area contributed by atoms with Gasteiger partial charge in [-0.25, -0.2) is 0 Å². The molecule has 4 nitrogen and oxygen atoms in total. The molecule has 1 N–H and O–H groups in total. The highest BCUT2D eigenvalue weighted by Gasteiger charge is 2.16. The smallest absolute Gasteiger partial charge is 0.138 e. The van der Waals surface area contributed by atoms with Crippen LogP contribution in [0.15, 0.2) is 30.6 Å². The number of nitrogens with one attached hydrogen (secondary N) is 1. The van der Waals surface area contributed by atoms with E-state index in [1.165, 1.54) is 0 Å². The Morgan fingerprint density at radius 2 is 2.05 bits per heavy atom. The maximum absolute atomic E-state index is 9.24. The van der Waals surface area contributed by atoms with Crippen LogP contribution < -0.4 is 10.1 Å². The summed E-state index contributed by atoms with van der Waals surface area (Å²) >= 11 is 0. The minimum Gasteiger partial charge on any atom is -0.489 e. The minimum atomic E-state index is 0. The van der Waals surface area contributed by atoms with Crippen molar-refractivity contribution in [3.8, 4) is 11.8 Å². The van der Waals surface area contributed by atoms with Gasteiger partial charge in [-0.1, -0.05) is 0 Å². The Bertz CT molecular complexity index is 633. The van der Waals surface area contributed by atoms with Gasteiger partial charge in [0.05, 0.1) is 5.56 Å². The fourth-order valence-electron chi connectivity index (χ4n) is 2.39. The molecule has 0 bridgehead atoms. The number of nitrogens with zero attached hydrogens (tertiary/aromatic N) is 2. The Morgan fingerprint density at radius 1 is 1.25 bits per heavy atom. The van der Waals surface area contributed by atoms with Crippen LogP contribution in [-0.4, -0.2) is 24.2 Å². The second kappa shape index (κ2) is 6.56. The molecule has 2 heterocycles. The van der Waals surface area contributed by atoms with Crippen LogP contribution in [0.5, 0.6) is 5.75 Å². The monoisotopic (exact) mass is 289 g/mol. The van der Waals surface area contributed by atoms with Crippen molar-refractivity contribution in [2.75, 3.05) is 13.1 Å². The maximum Gasteiger partial charge on any atom is 0.138 e. The molecule has 0 aliphatic carbocycles. The van der Waals surface area contributed by atoms with Gasteiger partial charge in [-0.3, -0.25) is 4.98 Å². The zero-order chi connectivity index (χ0) is 13.1. The molecule has 3 rings (SSSR count). The molecule has 0 spiro atoms. The zero-order valence-electron chi connectivity index (χ0n) is 11.0. The van der Waals surface area contributed by atoms with Gasteiger partial charge in [0.25, 0.3) is 0 Å². The molecule has 2 aromatic rings. The van der Waals surface area contributed by atoms with Crippen LogP contribution in [0.4, 0.5) is 0 Å². The van der Waals surface area contributed by atoms with Crippen LogP contribution in [0.2, 0.25) is 0 Å². The molecule has 1 aliphatic heterocycles. The van der Waals surface area contributed by atoms with E-state index in [9.17, 15) is 5.26 Å². The fourth-order valence-corrected chi connectivity index (χ4v) is 2.39. The van der Waals surface area contributed by atoms with Gasteiger partial charge in [0.1, 0.15) is 17.9 Å². The number of aromatic nitrogens is 1. The molecule has 104 valence electrons. The predicted octanol–water partition coefficient (Wildman–Crippen LogP) is 2.66. The van der Waals surface area contributed by atoms with Crippen molar-refractivity contribution in [2.24, 2.45) is 0 Å². The number of rotatable bonds is 2. The first-order valence-corrected chi connectivity index (χ1v) is 6.52. The number of hydrogen-bond donors (Lipinski definition) is 1. The second-order valence-electron chi connectivity index (χ2n) is 4.75. The van der Waals surface area contributed by atoms with Crippen LogP contribution in [0.25, 0.3) is 10.8 Å². The number of ether oxygens (including phenoxy) is 1. The van der Waals surface area contributed by atoms with Crippen LogP contribution in [0.3, 0.4) is 0 Å². The second-order valence-corrected chi connectivity index (χ2v) is 4.75. The van der Waals surface area contributed by atoms with E-state index in [1.54, 1.807) is 12.4 Å². The molecule has 1 fully saturated rings. The average molecular weight is 290 g/mol. The van der Waals surface area contributed by atoms with Crippen LogP contribution in [0.1, 0.15) is 18.4 Å². The molecule has 0 saturated carbocycles. The summed E-state index contributed by atoms with van der Waals surface area (Å²) in [6, 6.07) is 7.93. The van der Waals surface area contributed by atoms with E-state index in [1.807, 2.05) is 18.2 Å². The van der Waals surface area contributed by atoms with E-state index in [4.69, 9.17) is 4.74 Å². The SMILES string of the molecule is Cl.N#Cc1cc2cnccc2cc1OC1CCNCC1. The number of piperidine rings is 1. The number of nitriles is 1. The van der Waals surface area contributed by atoms with Gasteiger partial charge in [0, 0.05) is 17.8 Å². The molecule has 20 heavy (non-hydrogen) atoms. The van der Waals surface area contributed by atoms with E-state index in [-0.39, 0.29) is 18.5 Å². The molecule has 0 unspecified atom stereocenters. The molecule has 1 aromatic heterocycles. The number of pyridine rings is 1. The Kier molecular flexibility index (Phi) is 4.78. The van der Waals surface area contributed by atoms with Gasteiger partial charge in [-0.05, 0) is 49.5 Å². The topological polar surface area (TPSA) is 57.9 Å². The van der Waals surface area contributed by atoms with Crippen molar-refractivity contribution >= 4 is 23.2 Å². The molecular weight excluding hydrogens is 274 g/mol. The summed E-state index contributed by atoms with van der Waals surface area (Å²) in [6.45, 7) is 1.95. The van der Waals surface area contributed by atoms with E-state index in [2.05, 4.69) is 16.4 Å². The lowest BCUT2D eigenvalue weighted by molar-refractivity contribution is 0.162. The van der Waals surface area contributed by atoms with Gasteiger partial charge >= 0.3 is 0 Å². The lowest BCUT2D eigenvalue weighted by atomic mass is 10.1. The molecule has 0 radical (unpaired) electrons. The summed E-state index contributed by atoms with van der Waals surface area (Å²) in [5, 5.41) is 14.6. The summed E-state index contributed by atoms with van der Waals surface area (Å²) < 4.78 is 6.00. The summed E-state index contributed by atoms with van der Waals surface area (Å²) in [5.74, 6) is 0.688. The normalized spacial score (nSPS) is 15.3. The molecular formula is C15H16ClN3O.